The molecule has 9 heteroatoms. The molecule has 5 rings (SSSR count). The number of hydrogen-bond acceptors (Lipinski definition) is 4. The smallest absolute Gasteiger partial charge is 0.276 e. The molecule has 1 unspecified atom stereocenters. The van der Waals surface area contributed by atoms with Crippen molar-refractivity contribution >= 4 is 5.91 Å². The summed E-state index contributed by atoms with van der Waals surface area (Å²) in [6, 6.07) is 4.21. The van der Waals surface area contributed by atoms with Crippen LogP contribution in [0.25, 0.3) is 11.5 Å². The molecule has 1 N–H and O–H groups in total. The van der Waals surface area contributed by atoms with E-state index in [9.17, 15) is 18.0 Å². The number of hydrogen-bond donors (Lipinski definition) is 1. The molecule has 1 aromatic carbocycles. The van der Waals surface area contributed by atoms with Gasteiger partial charge in [0.1, 0.15) is 5.82 Å². The highest BCUT2D eigenvalue weighted by Gasteiger charge is 2.47. The van der Waals surface area contributed by atoms with Crippen molar-refractivity contribution in [2.45, 2.75) is 44.1 Å². The number of benzene rings is 1. The number of carbonyl (C=O) groups excluding carboxylic acids is 1. The van der Waals surface area contributed by atoms with Gasteiger partial charge in [-0.15, -0.1) is 0 Å². The number of rotatable bonds is 2. The van der Waals surface area contributed by atoms with Gasteiger partial charge in [0.2, 0.25) is 11.7 Å². The summed E-state index contributed by atoms with van der Waals surface area (Å²) < 4.78 is 48.6. The SMILES string of the molecule is Cc1c[nH]c(-c2noc(C3CC[C@H]4CC(F)(F)c5cc(F)ccc5C(=O)N4C3)n2)c1. The Balaban J connectivity index is 1.44. The van der Waals surface area contributed by atoms with Crippen LogP contribution in [-0.4, -0.2) is 38.5 Å². The van der Waals surface area contributed by atoms with Crippen LogP contribution in [-0.2, 0) is 5.92 Å². The van der Waals surface area contributed by atoms with Crippen LogP contribution in [0.2, 0.25) is 0 Å². The molecule has 30 heavy (non-hydrogen) atoms. The standard InChI is InChI=1S/C21H19F3N4O2/c1-11-6-17(25-9-11)18-26-19(30-27-18)12-2-4-14-8-21(23,24)16-7-13(22)3-5-15(16)20(29)28(14)10-12/h3,5-7,9,12,14,25H,2,4,8,10H2,1H3/t12?,14-/m0/s1. The molecule has 1 fully saturated rings. The van der Waals surface area contributed by atoms with Crippen LogP contribution in [0.15, 0.2) is 35.0 Å². The summed E-state index contributed by atoms with van der Waals surface area (Å²) >= 11 is 0. The number of aryl methyl sites for hydroxylation is 1. The number of carbonyl (C=O) groups is 1. The van der Waals surface area contributed by atoms with Crippen molar-refractivity contribution in [2.24, 2.45) is 0 Å². The van der Waals surface area contributed by atoms with Crippen LogP contribution in [0.4, 0.5) is 13.2 Å². The highest BCUT2D eigenvalue weighted by atomic mass is 19.3. The molecule has 156 valence electrons. The van der Waals surface area contributed by atoms with Gasteiger partial charge in [0.05, 0.1) is 11.6 Å². The van der Waals surface area contributed by atoms with E-state index in [-0.39, 0.29) is 18.0 Å². The molecule has 6 nitrogen and oxygen atoms in total. The lowest BCUT2D eigenvalue weighted by molar-refractivity contribution is -0.0372. The van der Waals surface area contributed by atoms with Crippen molar-refractivity contribution in [3.8, 4) is 11.5 Å². The number of aromatic amines is 1. The molecule has 1 amide bonds. The molecule has 1 saturated heterocycles. The van der Waals surface area contributed by atoms with Crippen LogP contribution in [0.1, 0.15) is 52.6 Å². The first-order chi connectivity index (χ1) is 14.3. The fourth-order valence-corrected chi connectivity index (χ4v) is 4.40. The predicted octanol–water partition coefficient (Wildman–Crippen LogP) is 4.40. The number of amides is 1. The third-order valence-electron chi connectivity index (χ3n) is 5.92. The lowest BCUT2D eigenvalue weighted by Crippen LogP contribution is -2.46. The molecule has 2 aliphatic rings. The normalized spacial score (nSPS) is 23.1. The summed E-state index contributed by atoms with van der Waals surface area (Å²) in [6.07, 6.45) is 2.22. The minimum absolute atomic E-state index is 0.155. The van der Waals surface area contributed by atoms with E-state index in [4.69, 9.17) is 4.52 Å². The molecule has 2 aromatic heterocycles. The van der Waals surface area contributed by atoms with E-state index in [1.165, 1.54) is 4.90 Å². The summed E-state index contributed by atoms with van der Waals surface area (Å²) in [5.74, 6) is -4.04. The van der Waals surface area contributed by atoms with Gasteiger partial charge in [-0.2, -0.15) is 4.98 Å². The van der Waals surface area contributed by atoms with E-state index in [1.807, 2.05) is 19.2 Å². The molecule has 3 aromatic rings. The van der Waals surface area contributed by atoms with Crippen LogP contribution >= 0.6 is 0 Å². The van der Waals surface area contributed by atoms with Crippen LogP contribution in [0.3, 0.4) is 0 Å². The third kappa shape index (κ3) is 3.09. The first-order valence-corrected chi connectivity index (χ1v) is 9.79. The van der Waals surface area contributed by atoms with E-state index >= 15 is 0 Å². The number of H-pyrrole nitrogens is 1. The van der Waals surface area contributed by atoms with Crippen molar-refractivity contribution in [3.63, 3.8) is 0 Å². The van der Waals surface area contributed by atoms with Gasteiger partial charge in [0, 0.05) is 36.3 Å². The first kappa shape index (κ1) is 18.9. The maximum absolute atomic E-state index is 14.8. The van der Waals surface area contributed by atoms with E-state index < -0.39 is 35.7 Å². The van der Waals surface area contributed by atoms with E-state index in [0.29, 0.717) is 24.6 Å². The van der Waals surface area contributed by atoms with Crippen molar-refractivity contribution in [2.75, 3.05) is 6.54 Å². The molecular formula is C21H19F3N4O2. The number of nitrogens with one attached hydrogen (secondary N) is 1. The molecule has 0 bridgehead atoms. The van der Waals surface area contributed by atoms with Gasteiger partial charge in [-0.3, -0.25) is 4.79 Å². The Morgan fingerprint density at radius 3 is 2.87 bits per heavy atom. The topological polar surface area (TPSA) is 75.0 Å². The molecule has 4 heterocycles. The summed E-state index contributed by atoms with van der Waals surface area (Å²) in [7, 11) is 0. The number of piperidine rings is 1. The zero-order valence-corrected chi connectivity index (χ0v) is 16.2. The maximum Gasteiger partial charge on any atom is 0.276 e. The summed E-state index contributed by atoms with van der Waals surface area (Å²) in [5, 5.41) is 4.00. The van der Waals surface area contributed by atoms with Gasteiger partial charge < -0.3 is 14.4 Å². The van der Waals surface area contributed by atoms with Gasteiger partial charge in [-0.05, 0) is 49.6 Å². The van der Waals surface area contributed by atoms with E-state index in [0.717, 1.165) is 29.5 Å². The second kappa shape index (κ2) is 6.72. The summed E-state index contributed by atoms with van der Waals surface area (Å²) in [6.45, 7) is 2.13. The molecule has 0 spiro atoms. The molecule has 0 aliphatic carbocycles. The van der Waals surface area contributed by atoms with Gasteiger partial charge in [-0.25, -0.2) is 13.2 Å². The average molecular weight is 416 g/mol. The number of alkyl halides is 2. The van der Waals surface area contributed by atoms with Crippen LogP contribution in [0, 0.1) is 12.7 Å². The summed E-state index contributed by atoms with van der Waals surface area (Å²) in [4.78, 5) is 22.0. The molecule has 2 atom stereocenters. The maximum atomic E-state index is 14.8. The van der Waals surface area contributed by atoms with Crippen molar-refractivity contribution in [1.29, 1.82) is 0 Å². The Kier molecular flexibility index (Phi) is 4.23. The van der Waals surface area contributed by atoms with Gasteiger partial charge >= 0.3 is 0 Å². The highest BCUT2D eigenvalue weighted by molar-refractivity contribution is 5.96. The Hall–Kier alpha value is -3.10. The Morgan fingerprint density at radius 1 is 1.27 bits per heavy atom. The van der Waals surface area contributed by atoms with Gasteiger partial charge in [0.15, 0.2) is 0 Å². The fourth-order valence-electron chi connectivity index (χ4n) is 4.40. The zero-order chi connectivity index (χ0) is 21.0. The van der Waals surface area contributed by atoms with Crippen molar-refractivity contribution in [1.82, 2.24) is 20.0 Å². The zero-order valence-electron chi connectivity index (χ0n) is 16.2. The Labute approximate surface area is 170 Å². The van der Waals surface area contributed by atoms with Crippen molar-refractivity contribution in [3.05, 3.63) is 58.9 Å². The van der Waals surface area contributed by atoms with Crippen LogP contribution in [0.5, 0.6) is 0 Å². The largest absolute Gasteiger partial charge is 0.358 e. The van der Waals surface area contributed by atoms with E-state index in [2.05, 4.69) is 15.1 Å². The number of halogens is 3. The molecule has 2 aliphatic heterocycles. The minimum Gasteiger partial charge on any atom is -0.358 e. The Bertz CT molecular complexity index is 1120. The van der Waals surface area contributed by atoms with Gasteiger partial charge in [0.25, 0.3) is 11.8 Å². The second-order valence-corrected chi connectivity index (χ2v) is 8.03. The fraction of sp³-hybridized carbons (Fsp3) is 0.381. The van der Waals surface area contributed by atoms with Crippen molar-refractivity contribution < 1.29 is 22.5 Å². The predicted molar refractivity (Wildman–Crippen MR) is 101 cm³/mol. The number of fused-ring (bicyclic) bond motifs is 2. The molecular weight excluding hydrogens is 397 g/mol. The quantitative estimate of drug-likeness (QED) is 0.672. The molecule has 0 saturated carbocycles. The third-order valence-corrected chi connectivity index (χ3v) is 5.92. The Morgan fingerprint density at radius 2 is 2.10 bits per heavy atom. The summed E-state index contributed by atoms with van der Waals surface area (Å²) in [5.41, 5.74) is 1.05. The highest BCUT2D eigenvalue weighted by Crippen LogP contribution is 2.44. The minimum atomic E-state index is -3.28. The lowest BCUT2D eigenvalue weighted by atomic mass is 9.89. The lowest BCUT2D eigenvalue weighted by Gasteiger charge is -2.38. The average Bonchev–Trinajstić information content (AvgIpc) is 3.35. The first-order valence-electron chi connectivity index (χ1n) is 9.79. The monoisotopic (exact) mass is 416 g/mol. The molecule has 0 radical (unpaired) electrons. The van der Waals surface area contributed by atoms with E-state index in [1.54, 1.807) is 0 Å². The number of nitrogens with zero attached hydrogens (tertiary/aromatic N) is 3. The van der Waals surface area contributed by atoms with Gasteiger partial charge in [-0.1, -0.05) is 5.16 Å². The number of aromatic nitrogens is 3. The van der Waals surface area contributed by atoms with Crippen LogP contribution < -0.4 is 0 Å². The second-order valence-electron chi connectivity index (χ2n) is 8.03.